The van der Waals surface area contributed by atoms with Crippen molar-refractivity contribution >= 4 is 23.5 Å². The first-order valence-corrected chi connectivity index (χ1v) is 7.01. The average molecular weight is 238 g/mol. The second-order valence-corrected chi connectivity index (χ2v) is 6.27. The lowest BCUT2D eigenvalue weighted by atomic mass is 10.2. The van der Waals surface area contributed by atoms with E-state index in [2.05, 4.69) is 13.8 Å². The number of hydrogen-bond donors (Lipinski definition) is 2. The van der Waals surface area contributed by atoms with Crippen molar-refractivity contribution in [1.82, 2.24) is 0 Å². The SMILES string of the molecule is CCSC(SCC)[C@@H]1OC[C@@H](O)[C@H]1O. The maximum Gasteiger partial charge on any atom is 0.110 e. The van der Waals surface area contributed by atoms with Crippen molar-refractivity contribution in [3.8, 4) is 0 Å². The van der Waals surface area contributed by atoms with Crippen molar-refractivity contribution < 1.29 is 14.9 Å². The summed E-state index contributed by atoms with van der Waals surface area (Å²) in [6.45, 7) is 4.44. The summed E-state index contributed by atoms with van der Waals surface area (Å²) in [6.07, 6.45) is -1.66. The van der Waals surface area contributed by atoms with Gasteiger partial charge in [0.25, 0.3) is 0 Å². The predicted molar refractivity (Wildman–Crippen MR) is 61.8 cm³/mol. The Hall–Kier alpha value is 0.580. The Morgan fingerprint density at radius 2 is 1.86 bits per heavy atom. The summed E-state index contributed by atoms with van der Waals surface area (Å²) < 4.78 is 5.64. The van der Waals surface area contributed by atoms with E-state index in [1.807, 2.05) is 0 Å². The Labute approximate surface area is 93.6 Å². The van der Waals surface area contributed by atoms with Crippen molar-refractivity contribution in [3.05, 3.63) is 0 Å². The van der Waals surface area contributed by atoms with Crippen molar-refractivity contribution in [1.29, 1.82) is 0 Å². The molecule has 0 aromatic carbocycles. The van der Waals surface area contributed by atoms with Gasteiger partial charge in [-0.2, -0.15) is 0 Å². The van der Waals surface area contributed by atoms with E-state index in [1.54, 1.807) is 23.5 Å². The second-order valence-electron chi connectivity index (χ2n) is 3.13. The molecule has 14 heavy (non-hydrogen) atoms. The zero-order valence-corrected chi connectivity index (χ0v) is 10.2. The Morgan fingerprint density at radius 3 is 2.21 bits per heavy atom. The van der Waals surface area contributed by atoms with Crippen molar-refractivity contribution in [3.63, 3.8) is 0 Å². The Kier molecular flexibility index (Phi) is 5.62. The topological polar surface area (TPSA) is 49.7 Å². The summed E-state index contributed by atoms with van der Waals surface area (Å²) in [5.74, 6) is 2.00. The molecule has 1 aliphatic heterocycles. The molecule has 0 amide bonds. The monoisotopic (exact) mass is 238 g/mol. The summed E-state index contributed by atoms with van der Waals surface area (Å²) >= 11 is 3.54. The van der Waals surface area contributed by atoms with Gasteiger partial charge >= 0.3 is 0 Å². The minimum atomic E-state index is -0.724. The van der Waals surface area contributed by atoms with Crippen LogP contribution in [0, 0.1) is 0 Å². The fourth-order valence-corrected chi connectivity index (χ4v) is 4.15. The van der Waals surface area contributed by atoms with Gasteiger partial charge in [-0.05, 0) is 11.5 Å². The molecule has 1 rings (SSSR count). The lowest BCUT2D eigenvalue weighted by Gasteiger charge is -2.23. The molecule has 0 aliphatic carbocycles. The van der Waals surface area contributed by atoms with E-state index in [1.165, 1.54) is 0 Å². The summed E-state index contributed by atoms with van der Waals surface area (Å²) in [6, 6.07) is 0. The first-order valence-electron chi connectivity index (χ1n) is 4.91. The van der Waals surface area contributed by atoms with E-state index in [-0.39, 0.29) is 17.3 Å². The highest BCUT2D eigenvalue weighted by molar-refractivity contribution is 8.17. The zero-order chi connectivity index (χ0) is 10.6. The number of ether oxygens (including phenoxy) is 1. The lowest BCUT2D eigenvalue weighted by molar-refractivity contribution is 0.0308. The molecule has 3 nitrogen and oxygen atoms in total. The van der Waals surface area contributed by atoms with Gasteiger partial charge in [-0.1, -0.05) is 13.8 Å². The third-order valence-corrected chi connectivity index (χ3v) is 4.80. The smallest absolute Gasteiger partial charge is 0.110 e. The highest BCUT2D eigenvalue weighted by Crippen LogP contribution is 2.33. The summed E-state index contributed by atoms with van der Waals surface area (Å²) in [7, 11) is 0. The van der Waals surface area contributed by atoms with Crippen LogP contribution in [0.1, 0.15) is 13.8 Å². The van der Waals surface area contributed by atoms with Crippen LogP contribution in [0.25, 0.3) is 0 Å². The molecular formula is C9H18O3S2. The van der Waals surface area contributed by atoms with Crippen LogP contribution in [0.2, 0.25) is 0 Å². The fraction of sp³-hybridized carbons (Fsp3) is 1.00. The number of rotatable bonds is 5. The van der Waals surface area contributed by atoms with Crippen LogP contribution in [0.4, 0.5) is 0 Å². The molecule has 3 atom stereocenters. The maximum absolute atomic E-state index is 9.68. The molecule has 0 saturated carbocycles. The van der Waals surface area contributed by atoms with E-state index in [9.17, 15) is 10.2 Å². The van der Waals surface area contributed by atoms with E-state index in [0.29, 0.717) is 0 Å². The summed E-state index contributed by atoms with van der Waals surface area (Å²) in [4.78, 5) is 0. The molecule has 0 spiro atoms. The standard InChI is InChI=1S/C9H18O3S2/c1-3-13-9(14-4-2)8-7(11)6(10)5-12-8/h6-11H,3-5H2,1-2H3/t6-,7-,8-/m1/s1. The normalized spacial score (nSPS) is 32.8. The van der Waals surface area contributed by atoms with Crippen molar-refractivity contribution in [2.75, 3.05) is 18.1 Å². The van der Waals surface area contributed by atoms with Gasteiger partial charge in [-0.15, -0.1) is 23.5 Å². The molecule has 1 saturated heterocycles. The molecule has 84 valence electrons. The first-order chi connectivity index (χ1) is 6.70. The van der Waals surface area contributed by atoms with Gasteiger partial charge in [0.2, 0.25) is 0 Å². The van der Waals surface area contributed by atoms with E-state index in [4.69, 9.17) is 4.74 Å². The average Bonchev–Trinajstić information content (AvgIpc) is 2.48. The highest BCUT2D eigenvalue weighted by atomic mass is 32.2. The Balaban J connectivity index is 2.50. The van der Waals surface area contributed by atoms with Gasteiger partial charge in [0.1, 0.15) is 18.3 Å². The number of aliphatic hydroxyl groups excluding tert-OH is 2. The third kappa shape index (κ3) is 3.03. The van der Waals surface area contributed by atoms with Gasteiger partial charge < -0.3 is 14.9 Å². The molecule has 2 N–H and O–H groups in total. The number of thioether (sulfide) groups is 2. The van der Waals surface area contributed by atoms with Gasteiger partial charge in [0.05, 0.1) is 11.2 Å². The van der Waals surface area contributed by atoms with Gasteiger partial charge in [0, 0.05) is 0 Å². The van der Waals surface area contributed by atoms with Gasteiger partial charge in [0.15, 0.2) is 0 Å². The van der Waals surface area contributed by atoms with Gasteiger partial charge in [-0.3, -0.25) is 0 Å². The molecule has 1 aliphatic rings. The van der Waals surface area contributed by atoms with Crippen molar-refractivity contribution in [2.24, 2.45) is 0 Å². The van der Waals surface area contributed by atoms with E-state index in [0.717, 1.165) is 11.5 Å². The van der Waals surface area contributed by atoms with Crippen LogP contribution in [0.3, 0.4) is 0 Å². The lowest BCUT2D eigenvalue weighted by Crippen LogP contribution is -2.35. The molecule has 0 unspecified atom stereocenters. The minimum absolute atomic E-state index is 0.222. The van der Waals surface area contributed by atoms with Crippen LogP contribution in [-0.4, -0.2) is 51.2 Å². The number of aliphatic hydroxyl groups is 2. The maximum atomic E-state index is 9.68. The Morgan fingerprint density at radius 1 is 1.29 bits per heavy atom. The number of hydrogen-bond acceptors (Lipinski definition) is 5. The highest BCUT2D eigenvalue weighted by Gasteiger charge is 2.39. The fourth-order valence-electron chi connectivity index (χ4n) is 1.43. The van der Waals surface area contributed by atoms with Gasteiger partial charge in [-0.25, -0.2) is 0 Å². The van der Waals surface area contributed by atoms with Crippen LogP contribution in [0.15, 0.2) is 0 Å². The van der Waals surface area contributed by atoms with Crippen LogP contribution in [-0.2, 0) is 4.74 Å². The molecule has 0 radical (unpaired) electrons. The largest absolute Gasteiger partial charge is 0.388 e. The van der Waals surface area contributed by atoms with Crippen molar-refractivity contribution in [2.45, 2.75) is 36.7 Å². The third-order valence-electron chi connectivity index (χ3n) is 2.12. The minimum Gasteiger partial charge on any atom is -0.388 e. The molecular weight excluding hydrogens is 220 g/mol. The molecule has 0 aromatic heterocycles. The van der Waals surface area contributed by atoms with E-state index < -0.39 is 12.2 Å². The van der Waals surface area contributed by atoms with Crippen LogP contribution >= 0.6 is 23.5 Å². The summed E-state index contributed by atoms with van der Waals surface area (Å²) in [5, 5.41) is 19.0. The summed E-state index contributed by atoms with van der Waals surface area (Å²) in [5.41, 5.74) is 0. The van der Waals surface area contributed by atoms with Crippen LogP contribution in [0.5, 0.6) is 0 Å². The molecule has 1 fully saturated rings. The van der Waals surface area contributed by atoms with E-state index >= 15 is 0 Å². The quantitative estimate of drug-likeness (QED) is 0.698. The molecule has 0 aromatic rings. The zero-order valence-electron chi connectivity index (χ0n) is 8.55. The molecule has 5 heteroatoms. The van der Waals surface area contributed by atoms with Crippen LogP contribution < -0.4 is 0 Å². The first kappa shape index (κ1) is 12.6. The second kappa shape index (κ2) is 6.23. The Bertz CT molecular complexity index is 162. The molecule has 0 bridgehead atoms. The molecule has 1 heterocycles. The predicted octanol–water partition coefficient (Wildman–Crippen LogP) is 0.939.